The third-order valence-corrected chi connectivity index (χ3v) is 1.82. The molecule has 0 saturated heterocycles. The molecule has 0 amide bonds. The van der Waals surface area contributed by atoms with Crippen LogP contribution in [0.5, 0.6) is 5.88 Å². The number of fused-ring (bicyclic) bond motifs is 1. The lowest BCUT2D eigenvalue weighted by Gasteiger charge is -2.02. The van der Waals surface area contributed by atoms with Gasteiger partial charge in [0.15, 0.2) is 0 Å². The second-order valence-electron chi connectivity index (χ2n) is 2.68. The van der Waals surface area contributed by atoms with Crippen molar-refractivity contribution in [2.75, 3.05) is 12.3 Å². The summed E-state index contributed by atoms with van der Waals surface area (Å²) in [4.78, 5) is 0. The minimum Gasteiger partial charge on any atom is -0.476 e. The van der Waals surface area contributed by atoms with E-state index in [2.05, 4.69) is 5.10 Å². The smallest absolute Gasteiger partial charge is 0.235 e. The van der Waals surface area contributed by atoms with Crippen molar-refractivity contribution >= 4 is 18.1 Å². The number of nitrogens with zero attached hydrogens (tertiary/aromatic N) is 2. The minimum atomic E-state index is 0. The Hall–Kier alpha value is -0.900. The first-order valence-electron chi connectivity index (χ1n) is 3.82. The van der Waals surface area contributed by atoms with Gasteiger partial charge in [0.2, 0.25) is 5.88 Å². The number of nitrogens with two attached hydrogens (primary N) is 1. The molecule has 2 heterocycles. The molecule has 0 aromatic carbocycles. The van der Waals surface area contributed by atoms with Crippen LogP contribution in [0.3, 0.4) is 0 Å². The molecule has 68 valence electrons. The fourth-order valence-electron chi connectivity index (χ4n) is 1.24. The average molecular weight is 190 g/mol. The molecule has 1 aromatic heterocycles. The standard InChI is InChI=1S/C7H11N3O.ClH/c8-6-5-9-10-3-1-2-4-11-7(6)10;/h5H,1-4,8H2;1H. The zero-order valence-electron chi connectivity index (χ0n) is 6.69. The van der Waals surface area contributed by atoms with Crippen LogP contribution in [0.4, 0.5) is 5.69 Å². The second-order valence-corrected chi connectivity index (χ2v) is 2.68. The summed E-state index contributed by atoms with van der Waals surface area (Å²) >= 11 is 0. The quantitative estimate of drug-likeness (QED) is 0.664. The van der Waals surface area contributed by atoms with E-state index in [0.717, 1.165) is 31.9 Å². The molecule has 1 aliphatic heterocycles. The molecule has 5 heteroatoms. The van der Waals surface area contributed by atoms with Gasteiger partial charge in [-0.2, -0.15) is 5.10 Å². The lowest BCUT2D eigenvalue weighted by Crippen LogP contribution is -2.00. The highest BCUT2D eigenvalue weighted by Crippen LogP contribution is 2.23. The predicted octanol–water partition coefficient (Wildman–Crippen LogP) is 1.06. The molecule has 2 N–H and O–H groups in total. The number of aryl methyl sites for hydroxylation is 1. The van der Waals surface area contributed by atoms with Gasteiger partial charge in [-0.25, -0.2) is 4.68 Å². The first-order chi connectivity index (χ1) is 5.38. The largest absolute Gasteiger partial charge is 0.476 e. The molecule has 1 aromatic rings. The van der Waals surface area contributed by atoms with Gasteiger partial charge in [-0.3, -0.25) is 0 Å². The first kappa shape index (κ1) is 9.19. The van der Waals surface area contributed by atoms with Crippen LogP contribution < -0.4 is 10.5 Å². The summed E-state index contributed by atoms with van der Waals surface area (Å²) in [6.07, 6.45) is 3.84. The first-order valence-corrected chi connectivity index (χ1v) is 3.82. The number of anilines is 1. The zero-order valence-corrected chi connectivity index (χ0v) is 7.51. The van der Waals surface area contributed by atoms with Gasteiger partial charge >= 0.3 is 0 Å². The number of halogens is 1. The number of ether oxygens (including phenoxy) is 1. The third-order valence-electron chi connectivity index (χ3n) is 1.82. The van der Waals surface area contributed by atoms with E-state index in [0.29, 0.717) is 5.69 Å². The van der Waals surface area contributed by atoms with Crippen molar-refractivity contribution < 1.29 is 4.74 Å². The molecular weight excluding hydrogens is 178 g/mol. The van der Waals surface area contributed by atoms with Gasteiger partial charge in [-0.1, -0.05) is 0 Å². The SMILES string of the molecule is Cl.Nc1cnn2c1OCCCC2. The van der Waals surface area contributed by atoms with Crippen LogP contribution in [0.15, 0.2) is 6.20 Å². The molecule has 0 bridgehead atoms. The van der Waals surface area contributed by atoms with Crippen molar-refractivity contribution in [3.63, 3.8) is 0 Å². The predicted molar refractivity (Wildman–Crippen MR) is 48.6 cm³/mol. The summed E-state index contributed by atoms with van der Waals surface area (Å²) in [5, 5.41) is 4.08. The van der Waals surface area contributed by atoms with E-state index in [1.165, 1.54) is 0 Å². The molecule has 4 nitrogen and oxygen atoms in total. The van der Waals surface area contributed by atoms with Crippen molar-refractivity contribution in [1.29, 1.82) is 0 Å². The van der Waals surface area contributed by atoms with Gasteiger partial charge in [-0.15, -0.1) is 12.4 Å². The number of hydrogen-bond acceptors (Lipinski definition) is 3. The summed E-state index contributed by atoms with van der Waals surface area (Å²) in [7, 11) is 0. The van der Waals surface area contributed by atoms with Gasteiger partial charge in [-0.05, 0) is 12.8 Å². The maximum atomic E-state index is 5.62. The number of aromatic nitrogens is 2. The van der Waals surface area contributed by atoms with Crippen LogP contribution in [0, 0.1) is 0 Å². The number of hydrogen-bond donors (Lipinski definition) is 1. The maximum absolute atomic E-state index is 5.62. The van der Waals surface area contributed by atoms with Crippen LogP contribution in [0.2, 0.25) is 0 Å². The maximum Gasteiger partial charge on any atom is 0.235 e. The van der Waals surface area contributed by atoms with Crippen LogP contribution in [-0.4, -0.2) is 16.4 Å². The highest BCUT2D eigenvalue weighted by Gasteiger charge is 2.11. The molecule has 0 saturated carbocycles. The Balaban J connectivity index is 0.000000720. The van der Waals surface area contributed by atoms with E-state index in [-0.39, 0.29) is 12.4 Å². The highest BCUT2D eigenvalue weighted by molar-refractivity contribution is 5.85. The van der Waals surface area contributed by atoms with E-state index in [9.17, 15) is 0 Å². The molecule has 0 fully saturated rings. The molecule has 2 rings (SSSR count). The van der Waals surface area contributed by atoms with E-state index in [1.807, 2.05) is 4.68 Å². The Morgan fingerprint density at radius 2 is 2.33 bits per heavy atom. The topological polar surface area (TPSA) is 53.1 Å². The van der Waals surface area contributed by atoms with E-state index in [1.54, 1.807) is 6.20 Å². The average Bonchev–Trinajstić information content (AvgIpc) is 2.25. The van der Waals surface area contributed by atoms with Crippen molar-refractivity contribution in [3.8, 4) is 5.88 Å². The minimum absolute atomic E-state index is 0. The summed E-state index contributed by atoms with van der Waals surface area (Å²) in [6.45, 7) is 1.68. The van der Waals surface area contributed by atoms with Crippen molar-refractivity contribution in [2.45, 2.75) is 19.4 Å². The Morgan fingerprint density at radius 1 is 1.50 bits per heavy atom. The monoisotopic (exact) mass is 189 g/mol. The molecule has 0 radical (unpaired) electrons. The normalized spacial score (nSPS) is 15.3. The van der Waals surface area contributed by atoms with E-state index in [4.69, 9.17) is 10.5 Å². The van der Waals surface area contributed by atoms with Crippen molar-refractivity contribution in [1.82, 2.24) is 9.78 Å². The van der Waals surface area contributed by atoms with Crippen LogP contribution in [-0.2, 0) is 6.54 Å². The summed E-state index contributed by atoms with van der Waals surface area (Å²) in [5.41, 5.74) is 6.27. The molecule has 0 unspecified atom stereocenters. The highest BCUT2D eigenvalue weighted by atomic mass is 35.5. The fraction of sp³-hybridized carbons (Fsp3) is 0.571. The zero-order chi connectivity index (χ0) is 7.68. The summed E-state index contributed by atoms with van der Waals surface area (Å²) in [5.74, 6) is 0.738. The molecule has 0 atom stereocenters. The van der Waals surface area contributed by atoms with Gasteiger partial charge in [0.1, 0.15) is 5.69 Å². The molecular formula is C7H12ClN3O. The number of rotatable bonds is 0. The van der Waals surface area contributed by atoms with Crippen molar-refractivity contribution in [3.05, 3.63) is 6.20 Å². The molecule has 1 aliphatic rings. The van der Waals surface area contributed by atoms with Crippen LogP contribution >= 0.6 is 12.4 Å². The van der Waals surface area contributed by atoms with Crippen molar-refractivity contribution in [2.24, 2.45) is 0 Å². The van der Waals surface area contributed by atoms with Gasteiger partial charge in [0.25, 0.3) is 0 Å². The van der Waals surface area contributed by atoms with Crippen LogP contribution in [0.25, 0.3) is 0 Å². The fourth-order valence-corrected chi connectivity index (χ4v) is 1.24. The Morgan fingerprint density at radius 3 is 3.17 bits per heavy atom. The Kier molecular flexibility index (Phi) is 2.81. The van der Waals surface area contributed by atoms with Crippen LogP contribution in [0.1, 0.15) is 12.8 Å². The van der Waals surface area contributed by atoms with Gasteiger partial charge in [0.05, 0.1) is 12.8 Å². The Bertz CT molecular complexity index is 261. The van der Waals surface area contributed by atoms with Gasteiger partial charge in [0, 0.05) is 6.54 Å². The third kappa shape index (κ3) is 1.48. The summed E-state index contributed by atoms with van der Waals surface area (Å²) in [6, 6.07) is 0. The molecule has 0 aliphatic carbocycles. The number of nitrogen functional groups attached to an aromatic ring is 1. The Labute approximate surface area is 77.1 Å². The summed E-state index contributed by atoms with van der Waals surface area (Å²) < 4.78 is 7.22. The lowest BCUT2D eigenvalue weighted by atomic mass is 10.3. The van der Waals surface area contributed by atoms with E-state index >= 15 is 0 Å². The van der Waals surface area contributed by atoms with E-state index < -0.39 is 0 Å². The van der Waals surface area contributed by atoms with Gasteiger partial charge < -0.3 is 10.5 Å². The molecule has 12 heavy (non-hydrogen) atoms. The second kappa shape index (κ2) is 3.67. The lowest BCUT2D eigenvalue weighted by molar-refractivity contribution is 0.305. The molecule has 0 spiro atoms.